The predicted octanol–water partition coefficient (Wildman–Crippen LogP) is 1.42. The Morgan fingerprint density at radius 1 is 1.47 bits per heavy atom. The second kappa shape index (κ2) is 4.39. The molecule has 3 N–H and O–H groups in total. The van der Waals surface area contributed by atoms with Crippen LogP contribution in [0.3, 0.4) is 0 Å². The number of likely N-dealkylation sites (tertiary alicyclic amines) is 1. The number of nitrogens with one attached hydrogen (secondary N) is 1. The van der Waals surface area contributed by atoms with Crippen molar-refractivity contribution in [3.05, 3.63) is 11.3 Å². The van der Waals surface area contributed by atoms with Gasteiger partial charge in [0.05, 0.1) is 0 Å². The van der Waals surface area contributed by atoms with E-state index in [4.69, 9.17) is 5.73 Å². The van der Waals surface area contributed by atoms with Gasteiger partial charge in [-0.1, -0.05) is 13.8 Å². The van der Waals surface area contributed by atoms with Gasteiger partial charge in [-0.05, 0) is 25.2 Å². The summed E-state index contributed by atoms with van der Waals surface area (Å²) in [6.45, 7) is 7.88. The van der Waals surface area contributed by atoms with Crippen LogP contribution in [-0.4, -0.2) is 34.1 Å². The van der Waals surface area contributed by atoms with Crippen molar-refractivity contribution in [2.45, 2.75) is 27.2 Å². The van der Waals surface area contributed by atoms with Gasteiger partial charge in [0.25, 0.3) is 5.91 Å². The second-order valence-electron chi connectivity index (χ2n) is 5.10. The van der Waals surface area contributed by atoms with Crippen LogP contribution in [0.5, 0.6) is 0 Å². The topological polar surface area (TPSA) is 75.0 Å². The number of carbonyl (C=O) groups is 1. The minimum Gasteiger partial charge on any atom is -0.382 e. The molecule has 5 heteroatoms. The first-order valence-electron chi connectivity index (χ1n) is 6.10. The van der Waals surface area contributed by atoms with E-state index in [9.17, 15) is 4.79 Å². The standard InChI is InChI=1S/C12H20N4O/c1-7-4-5-16(6-8(7)2)12(17)10-9(3)14-15-11(10)13/h7-8H,4-6H2,1-3H3,(H3,13,14,15). The molecule has 1 aromatic rings. The number of hydrogen-bond acceptors (Lipinski definition) is 3. The minimum absolute atomic E-state index is 0.00694. The summed E-state index contributed by atoms with van der Waals surface area (Å²) >= 11 is 0. The first kappa shape index (κ1) is 12.0. The lowest BCUT2D eigenvalue weighted by molar-refractivity contribution is 0.0628. The smallest absolute Gasteiger partial charge is 0.259 e. The summed E-state index contributed by atoms with van der Waals surface area (Å²) in [5, 5.41) is 6.63. The Morgan fingerprint density at radius 3 is 2.71 bits per heavy atom. The first-order valence-corrected chi connectivity index (χ1v) is 6.10. The molecule has 0 radical (unpaired) electrons. The summed E-state index contributed by atoms with van der Waals surface area (Å²) in [6, 6.07) is 0. The van der Waals surface area contributed by atoms with Gasteiger partial charge in [0.1, 0.15) is 5.56 Å². The first-order chi connectivity index (χ1) is 8.00. The summed E-state index contributed by atoms with van der Waals surface area (Å²) in [5.41, 5.74) is 7.00. The number of aromatic nitrogens is 2. The van der Waals surface area contributed by atoms with E-state index in [1.807, 2.05) is 11.8 Å². The number of aromatic amines is 1. The van der Waals surface area contributed by atoms with Gasteiger partial charge in [0, 0.05) is 18.8 Å². The van der Waals surface area contributed by atoms with Crippen molar-refractivity contribution in [1.82, 2.24) is 15.1 Å². The fraction of sp³-hybridized carbons (Fsp3) is 0.667. The molecule has 2 rings (SSSR count). The maximum Gasteiger partial charge on any atom is 0.259 e. The number of nitrogens with two attached hydrogens (primary N) is 1. The lowest BCUT2D eigenvalue weighted by atomic mass is 9.88. The molecule has 1 amide bonds. The maximum absolute atomic E-state index is 12.3. The van der Waals surface area contributed by atoms with Gasteiger partial charge < -0.3 is 10.6 Å². The van der Waals surface area contributed by atoms with E-state index in [2.05, 4.69) is 24.0 Å². The van der Waals surface area contributed by atoms with Gasteiger partial charge in [0.2, 0.25) is 0 Å². The maximum atomic E-state index is 12.3. The van der Waals surface area contributed by atoms with Crippen LogP contribution >= 0.6 is 0 Å². The second-order valence-corrected chi connectivity index (χ2v) is 5.10. The fourth-order valence-corrected chi connectivity index (χ4v) is 2.32. The van der Waals surface area contributed by atoms with E-state index in [-0.39, 0.29) is 5.91 Å². The third-order valence-corrected chi connectivity index (χ3v) is 3.81. The zero-order valence-electron chi connectivity index (χ0n) is 10.7. The Kier molecular flexibility index (Phi) is 3.09. The number of rotatable bonds is 1. The van der Waals surface area contributed by atoms with Crippen LogP contribution in [0.2, 0.25) is 0 Å². The van der Waals surface area contributed by atoms with Crippen molar-refractivity contribution in [2.75, 3.05) is 18.8 Å². The minimum atomic E-state index is 0.00694. The summed E-state index contributed by atoms with van der Waals surface area (Å²) in [5.74, 6) is 1.54. The molecular weight excluding hydrogens is 216 g/mol. The lowest BCUT2D eigenvalue weighted by Gasteiger charge is -2.35. The van der Waals surface area contributed by atoms with Crippen LogP contribution < -0.4 is 5.73 Å². The third kappa shape index (κ3) is 2.14. The number of nitrogen functional groups attached to an aromatic ring is 1. The van der Waals surface area contributed by atoms with E-state index in [1.165, 1.54) is 0 Å². The molecule has 2 atom stereocenters. The van der Waals surface area contributed by atoms with E-state index < -0.39 is 0 Å². The van der Waals surface area contributed by atoms with E-state index in [1.54, 1.807) is 0 Å². The number of piperidine rings is 1. The van der Waals surface area contributed by atoms with E-state index in [0.29, 0.717) is 23.2 Å². The molecular formula is C12H20N4O. The summed E-state index contributed by atoms with van der Waals surface area (Å²) in [6.07, 6.45) is 1.06. The average molecular weight is 236 g/mol. The normalized spacial score (nSPS) is 25.0. The molecule has 0 bridgehead atoms. The molecule has 0 aliphatic carbocycles. The summed E-state index contributed by atoms with van der Waals surface area (Å²) in [4.78, 5) is 14.2. The molecule has 1 aliphatic rings. The van der Waals surface area contributed by atoms with Gasteiger partial charge in [-0.2, -0.15) is 5.10 Å². The number of aryl methyl sites for hydroxylation is 1. The van der Waals surface area contributed by atoms with Gasteiger partial charge in [-0.3, -0.25) is 9.89 Å². The Balaban J connectivity index is 2.16. The number of hydrogen-bond donors (Lipinski definition) is 2. The van der Waals surface area contributed by atoms with Crippen LogP contribution in [-0.2, 0) is 0 Å². The van der Waals surface area contributed by atoms with Gasteiger partial charge in [-0.25, -0.2) is 0 Å². The molecule has 2 unspecified atom stereocenters. The summed E-state index contributed by atoms with van der Waals surface area (Å²) in [7, 11) is 0. The molecule has 0 aromatic carbocycles. The number of anilines is 1. The van der Waals surface area contributed by atoms with E-state index >= 15 is 0 Å². The highest BCUT2D eigenvalue weighted by atomic mass is 16.2. The molecule has 0 spiro atoms. The molecule has 1 aliphatic heterocycles. The zero-order valence-corrected chi connectivity index (χ0v) is 10.7. The van der Waals surface area contributed by atoms with Crippen molar-refractivity contribution >= 4 is 11.7 Å². The van der Waals surface area contributed by atoms with Crippen molar-refractivity contribution in [3.63, 3.8) is 0 Å². The van der Waals surface area contributed by atoms with E-state index in [0.717, 1.165) is 25.2 Å². The highest BCUT2D eigenvalue weighted by Gasteiger charge is 2.29. The highest BCUT2D eigenvalue weighted by molar-refractivity contribution is 5.99. The molecule has 5 nitrogen and oxygen atoms in total. The molecule has 1 saturated heterocycles. The Hall–Kier alpha value is -1.52. The SMILES string of the molecule is Cc1[nH]nc(N)c1C(=O)N1CCC(C)C(C)C1. The number of nitrogens with zero attached hydrogens (tertiary/aromatic N) is 2. The lowest BCUT2D eigenvalue weighted by Crippen LogP contribution is -2.42. The Morgan fingerprint density at radius 2 is 2.18 bits per heavy atom. The molecule has 1 aromatic heterocycles. The third-order valence-electron chi connectivity index (χ3n) is 3.81. The van der Waals surface area contributed by atoms with Gasteiger partial charge in [-0.15, -0.1) is 0 Å². The number of amides is 1. The van der Waals surface area contributed by atoms with Gasteiger partial charge >= 0.3 is 0 Å². The zero-order chi connectivity index (χ0) is 12.6. The predicted molar refractivity (Wildman–Crippen MR) is 66.6 cm³/mol. The summed E-state index contributed by atoms with van der Waals surface area (Å²) < 4.78 is 0. The highest BCUT2D eigenvalue weighted by Crippen LogP contribution is 2.25. The monoisotopic (exact) mass is 236 g/mol. The molecule has 2 heterocycles. The Labute approximate surface area is 101 Å². The van der Waals surface area contributed by atoms with Crippen LogP contribution in [0.25, 0.3) is 0 Å². The fourth-order valence-electron chi connectivity index (χ4n) is 2.32. The Bertz CT molecular complexity index is 407. The van der Waals surface area contributed by atoms with Crippen molar-refractivity contribution < 1.29 is 4.79 Å². The van der Waals surface area contributed by atoms with Gasteiger partial charge in [0.15, 0.2) is 5.82 Å². The van der Waals surface area contributed by atoms with Crippen LogP contribution in [0, 0.1) is 18.8 Å². The van der Waals surface area contributed by atoms with Crippen LogP contribution in [0.1, 0.15) is 36.3 Å². The molecule has 94 valence electrons. The van der Waals surface area contributed by atoms with Crippen molar-refractivity contribution in [1.29, 1.82) is 0 Å². The molecule has 17 heavy (non-hydrogen) atoms. The van der Waals surface area contributed by atoms with Crippen molar-refractivity contribution in [3.8, 4) is 0 Å². The number of H-pyrrole nitrogens is 1. The largest absolute Gasteiger partial charge is 0.382 e. The van der Waals surface area contributed by atoms with Crippen molar-refractivity contribution in [2.24, 2.45) is 11.8 Å². The molecule has 1 fully saturated rings. The number of carbonyl (C=O) groups excluding carboxylic acids is 1. The molecule has 0 saturated carbocycles. The average Bonchev–Trinajstić information content (AvgIpc) is 2.62. The van der Waals surface area contributed by atoms with Crippen LogP contribution in [0.4, 0.5) is 5.82 Å². The quantitative estimate of drug-likeness (QED) is 0.774. The van der Waals surface area contributed by atoms with Crippen LogP contribution in [0.15, 0.2) is 0 Å².